The third-order valence-corrected chi connectivity index (χ3v) is 5.62. The maximum atomic E-state index is 13.5. The van der Waals surface area contributed by atoms with Gasteiger partial charge in [-0.3, -0.25) is 4.79 Å². The number of alkyl halides is 3. The van der Waals surface area contributed by atoms with Crippen LogP contribution in [-0.4, -0.2) is 32.5 Å². The number of rotatable bonds is 4. The van der Waals surface area contributed by atoms with Gasteiger partial charge in [0.15, 0.2) is 0 Å². The lowest BCUT2D eigenvalue weighted by Gasteiger charge is -2.29. The highest BCUT2D eigenvalue weighted by atomic mass is 19.4. The number of nitrogens with zero attached hydrogens (tertiary/aromatic N) is 3. The number of methoxy groups -OCH3 is 1. The van der Waals surface area contributed by atoms with Crippen LogP contribution in [0, 0.1) is 0 Å². The quantitative estimate of drug-likeness (QED) is 0.641. The summed E-state index contributed by atoms with van der Waals surface area (Å²) in [4.78, 5) is 38.0. The number of benzene rings is 2. The molecular formula is C22H18F3N3O5. The first-order valence-electron chi connectivity index (χ1n) is 9.96. The van der Waals surface area contributed by atoms with Gasteiger partial charge in [0.05, 0.1) is 24.4 Å². The first-order valence-corrected chi connectivity index (χ1v) is 9.96. The lowest BCUT2D eigenvalue weighted by Crippen LogP contribution is -2.46. The van der Waals surface area contributed by atoms with Crippen molar-refractivity contribution >= 4 is 5.97 Å². The molecule has 0 radical (unpaired) electrons. The van der Waals surface area contributed by atoms with Crippen molar-refractivity contribution in [2.45, 2.75) is 31.5 Å². The molecule has 1 heterocycles. The average Bonchev–Trinajstić information content (AvgIpc) is 2.78. The molecule has 1 unspecified atom stereocenters. The maximum Gasteiger partial charge on any atom is 0.416 e. The number of hydrogen-bond acceptors (Lipinski definition) is 5. The van der Waals surface area contributed by atoms with Crippen molar-refractivity contribution in [3.8, 4) is 11.4 Å². The molecule has 0 saturated carbocycles. The van der Waals surface area contributed by atoms with E-state index < -0.39 is 40.7 Å². The molecule has 0 fully saturated rings. The van der Waals surface area contributed by atoms with Gasteiger partial charge in [0.1, 0.15) is 5.75 Å². The summed E-state index contributed by atoms with van der Waals surface area (Å²) < 4.78 is 47.2. The van der Waals surface area contributed by atoms with Crippen molar-refractivity contribution in [2.75, 3.05) is 7.11 Å². The smallest absolute Gasteiger partial charge is 0.416 e. The van der Waals surface area contributed by atoms with Crippen LogP contribution in [0.1, 0.15) is 46.1 Å². The SMILES string of the molecule is COc1ccc(-n2nc(C(=O)O)c(=O)n(C3CCCc4c3cccc4C(F)(F)F)c2=O)cc1. The van der Waals surface area contributed by atoms with E-state index in [2.05, 4.69) is 5.10 Å². The number of hydrogen-bond donors (Lipinski definition) is 1. The van der Waals surface area contributed by atoms with E-state index in [9.17, 15) is 32.7 Å². The van der Waals surface area contributed by atoms with Gasteiger partial charge in [0.2, 0.25) is 5.69 Å². The van der Waals surface area contributed by atoms with Gasteiger partial charge < -0.3 is 9.84 Å². The van der Waals surface area contributed by atoms with Gasteiger partial charge in [-0.2, -0.15) is 23.0 Å². The van der Waals surface area contributed by atoms with Crippen LogP contribution in [-0.2, 0) is 12.6 Å². The van der Waals surface area contributed by atoms with Crippen LogP contribution in [0.25, 0.3) is 5.69 Å². The van der Waals surface area contributed by atoms with Crippen LogP contribution in [0.4, 0.5) is 13.2 Å². The third kappa shape index (κ3) is 3.90. The zero-order chi connectivity index (χ0) is 23.9. The van der Waals surface area contributed by atoms with Gasteiger partial charge in [-0.25, -0.2) is 14.2 Å². The number of aromatic carboxylic acids is 1. The summed E-state index contributed by atoms with van der Waals surface area (Å²) in [7, 11) is 1.44. The Morgan fingerprint density at radius 2 is 1.85 bits per heavy atom. The van der Waals surface area contributed by atoms with Crippen LogP contribution < -0.4 is 16.0 Å². The van der Waals surface area contributed by atoms with Gasteiger partial charge in [-0.1, -0.05) is 12.1 Å². The summed E-state index contributed by atoms with van der Waals surface area (Å²) in [5.74, 6) is -1.18. The largest absolute Gasteiger partial charge is 0.497 e. The fourth-order valence-electron chi connectivity index (χ4n) is 4.15. The fourth-order valence-corrected chi connectivity index (χ4v) is 4.15. The second-order valence-electron chi connectivity index (χ2n) is 7.50. The van der Waals surface area contributed by atoms with Crippen molar-refractivity contribution in [1.29, 1.82) is 0 Å². The molecule has 4 rings (SSSR count). The van der Waals surface area contributed by atoms with E-state index in [0.717, 1.165) is 10.7 Å². The third-order valence-electron chi connectivity index (χ3n) is 5.62. The van der Waals surface area contributed by atoms with Gasteiger partial charge in [0, 0.05) is 0 Å². The molecule has 3 aromatic rings. The van der Waals surface area contributed by atoms with E-state index in [-0.39, 0.29) is 36.1 Å². The molecule has 0 saturated heterocycles. The molecule has 0 bridgehead atoms. The summed E-state index contributed by atoms with van der Waals surface area (Å²) in [6.07, 6.45) is -4.01. The molecule has 0 spiro atoms. The minimum Gasteiger partial charge on any atom is -0.497 e. The van der Waals surface area contributed by atoms with Gasteiger partial charge in [0.25, 0.3) is 5.56 Å². The molecule has 1 aromatic heterocycles. The summed E-state index contributed by atoms with van der Waals surface area (Å²) in [6, 6.07) is 8.46. The predicted octanol–water partition coefficient (Wildman–Crippen LogP) is 3.05. The number of carboxylic acid groups (broad SMARTS) is 1. The highest BCUT2D eigenvalue weighted by molar-refractivity contribution is 5.84. The normalized spacial score (nSPS) is 15.7. The first kappa shape index (κ1) is 22.3. The molecule has 11 heteroatoms. The number of ether oxygens (including phenoxy) is 1. The monoisotopic (exact) mass is 461 g/mol. The van der Waals surface area contributed by atoms with Crippen molar-refractivity contribution in [3.63, 3.8) is 0 Å². The molecule has 1 atom stereocenters. The Hall–Kier alpha value is -3.89. The van der Waals surface area contributed by atoms with Crippen molar-refractivity contribution < 1.29 is 27.8 Å². The second kappa shape index (κ2) is 8.23. The van der Waals surface area contributed by atoms with Gasteiger partial charge in [-0.05, 0) is 60.7 Å². The van der Waals surface area contributed by atoms with Crippen LogP contribution in [0.5, 0.6) is 5.75 Å². The molecule has 8 nitrogen and oxygen atoms in total. The summed E-state index contributed by atoms with van der Waals surface area (Å²) >= 11 is 0. The van der Waals surface area contributed by atoms with Crippen LogP contribution in [0.2, 0.25) is 0 Å². The Morgan fingerprint density at radius 3 is 2.45 bits per heavy atom. The molecule has 1 aliphatic carbocycles. The van der Waals surface area contributed by atoms with Crippen LogP contribution in [0.3, 0.4) is 0 Å². The Bertz CT molecular complexity index is 1340. The lowest BCUT2D eigenvalue weighted by molar-refractivity contribution is -0.138. The average molecular weight is 461 g/mol. The molecule has 0 aliphatic heterocycles. The minimum atomic E-state index is -4.61. The van der Waals surface area contributed by atoms with E-state index in [4.69, 9.17) is 4.74 Å². The number of carboxylic acids is 1. The van der Waals surface area contributed by atoms with E-state index in [1.54, 1.807) is 0 Å². The molecule has 0 amide bonds. The number of halogens is 3. The zero-order valence-corrected chi connectivity index (χ0v) is 17.3. The first-order chi connectivity index (χ1) is 15.6. The van der Waals surface area contributed by atoms with Crippen molar-refractivity contribution in [1.82, 2.24) is 14.3 Å². The second-order valence-corrected chi connectivity index (χ2v) is 7.50. The Morgan fingerprint density at radius 1 is 1.15 bits per heavy atom. The minimum absolute atomic E-state index is 0.00256. The Balaban J connectivity index is 1.98. The molecule has 33 heavy (non-hydrogen) atoms. The predicted molar refractivity (Wildman–Crippen MR) is 110 cm³/mol. The van der Waals surface area contributed by atoms with E-state index in [1.165, 1.54) is 43.5 Å². The van der Waals surface area contributed by atoms with Gasteiger partial charge in [-0.15, -0.1) is 0 Å². The highest BCUT2D eigenvalue weighted by Gasteiger charge is 2.37. The van der Waals surface area contributed by atoms with Crippen molar-refractivity contribution in [3.05, 3.63) is 85.7 Å². The number of aromatic nitrogens is 3. The standard InChI is InChI=1S/C22H18F3N3O5/c1-33-13-10-8-12(9-11-13)28-21(32)27(19(29)18(26-28)20(30)31)17-7-3-4-14-15(17)5-2-6-16(14)22(23,24)25/h2,5-6,8-11,17H,3-4,7H2,1H3,(H,30,31). The zero-order valence-electron chi connectivity index (χ0n) is 17.3. The van der Waals surface area contributed by atoms with E-state index in [1.807, 2.05) is 0 Å². The Labute approximate surface area is 184 Å². The molecule has 1 aliphatic rings. The highest BCUT2D eigenvalue weighted by Crippen LogP contribution is 2.40. The van der Waals surface area contributed by atoms with Gasteiger partial charge >= 0.3 is 17.8 Å². The fraction of sp³-hybridized carbons (Fsp3) is 0.273. The number of carbonyl (C=O) groups is 1. The van der Waals surface area contributed by atoms with Crippen molar-refractivity contribution in [2.24, 2.45) is 0 Å². The molecule has 1 N–H and O–H groups in total. The summed E-state index contributed by atoms with van der Waals surface area (Å²) in [5, 5.41) is 13.2. The maximum absolute atomic E-state index is 13.5. The summed E-state index contributed by atoms with van der Waals surface area (Å²) in [5.41, 5.74) is -3.54. The van der Waals surface area contributed by atoms with E-state index in [0.29, 0.717) is 10.3 Å². The van der Waals surface area contributed by atoms with Crippen LogP contribution in [0.15, 0.2) is 52.1 Å². The summed E-state index contributed by atoms with van der Waals surface area (Å²) in [6.45, 7) is 0. The molecular weight excluding hydrogens is 443 g/mol. The molecule has 2 aromatic carbocycles. The Kier molecular flexibility index (Phi) is 5.56. The van der Waals surface area contributed by atoms with Crippen LogP contribution >= 0.6 is 0 Å². The topological polar surface area (TPSA) is 103 Å². The molecule has 172 valence electrons. The number of fused-ring (bicyclic) bond motifs is 1. The van der Waals surface area contributed by atoms with E-state index >= 15 is 0 Å². The lowest BCUT2D eigenvalue weighted by atomic mass is 9.84.